The second-order valence-electron chi connectivity index (χ2n) is 5.66. The molecule has 0 saturated carbocycles. The molecular formula is C20H25NO6. The Balaban J connectivity index is 2.25. The molecule has 0 atom stereocenters. The zero-order valence-electron chi connectivity index (χ0n) is 15.6. The lowest BCUT2D eigenvalue weighted by molar-refractivity contribution is 0.0524. The summed E-state index contributed by atoms with van der Waals surface area (Å²) in [5, 5.41) is 9.07. The maximum absolute atomic E-state index is 12.7. The van der Waals surface area contributed by atoms with E-state index in [0.717, 1.165) is 11.1 Å². The summed E-state index contributed by atoms with van der Waals surface area (Å²) in [4.78, 5) is 24.8. The minimum atomic E-state index is -0.612. The Kier molecular flexibility index (Phi) is 8.03. The molecule has 0 bridgehead atoms. The molecule has 0 fully saturated rings. The predicted molar refractivity (Wildman–Crippen MR) is 103 cm³/mol. The zero-order valence-corrected chi connectivity index (χ0v) is 15.6. The number of aromatic nitrogens is 1. The zero-order chi connectivity index (χ0) is 19.6. The van der Waals surface area contributed by atoms with E-state index < -0.39 is 5.97 Å². The van der Waals surface area contributed by atoms with Crippen LogP contribution in [0.2, 0.25) is 0 Å². The summed E-state index contributed by atoms with van der Waals surface area (Å²) < 4.78 is 17.3. The first kappa shape index (κ1) is 20.7. The number of nitrogens with zero attached hydrogens (tertiary/aromatic N) is 1. The van der Waals surface area contributed by atoms with Crippen molar-refractivity contribution in [1.82, 2.24) is 4.57 Å². The van der Waals surface area contributed by atoms with Gasteiger partial charge in [-0.25, -0.2) is 4.79 Å². The summed E-state index contributed by atoms with van der Waals surface area (Å²) in [5.74, 6) is -0.612. The molecule has 7 heteroatoms. The van der Waals surface area contributed by atoms with Crippen LogP contribution in [0.1, 0.15) is 29.8 Å². The van der Waals surface area contributed by atoms with Gasteiger partial charge in [0.25, 0.3) is 0 Å². The van der Waals surface area contributed by atoms with Crippen LogP contribution in [0.3, 0.4) is 0 Å². The molecule has 2 rings (SSSR count). The molecule has 0 unspecified atom stereocenters. The number of benzene rings is 1. The van der Waals surface area contributed by atoms with Gasteiger partial charge in [0.05, 0.1) is 38.2 Å². The molecule has 0 saturated heterocycles. The van der Waals surface area contributed by atoms with Gasteiger partial charge in [-0.3, -0.25) is 4.79 Å². The van der Waals surface area contributed by atoms with Crippen LogP contribution in [0.15, 0.2) is 35.5 Å². The number of pyridine rings is 1. The molecule has 0 radical (unpaired) electrons. The predicted octanol–water partition coefficient (Wildman–Crippen LogP) is 2.19. The van der Waals surface area contributed by atoms with Gasteiger partial charge in [-0.2, -0.15) is 0 Å². The van der Waals surface area contributed by atoms with E-state index in [1.54, 1.807) is 25.3 Å². The Hall–Kier alpha value is -2.64. The Morgan fingerprint density at radius 3 is 2.74 bits per heavy atom. The number of hydrogen-bond acceptors (Lipinski definition) is 6. The van der Waals surface area contributed by atoms with Gasteiger partial charge in [0.15, 0.2) is 0 Å². The first-order valence-corrected chi connectivity index (χ1v) is 8.93. The van der Waals surface area contributed by atoms with Gasteiger partial charge in [0.2, 0.25) is 5.43 Å². The third kappa shape index (κ3) is 5.42. The molecule has 1 aromatic carbocycles. The quantitative estimate of drug-likeness (QED) is 0.389. The highest BCUT2D eigenvalue weighted by Gasteiger charge is 2.16. The van der Waals surface area contributed by atoms with Crippen molar-refractivity contribution in [2.75, 3.05) is 33.0 Å². The lowest BCUT2D eigenvalue weighted by atomic mass is 10.1. The molecule has 0 aliphatic rings. The van der Waals surface area contributed by atoms with E-state index in [4.69, 9.17) is 19.3 Å². The Morgan fingerprint density at radius 2 is 2.04 bits per heavy atom. The van der Waals surface area contributed by atoms with E-state index in [9.17, 15) is 9.59 Å². The molecule has 0 aliphatic carbocycles. The first-order chi connectivity index (χ1) is 13.1. The second-order valence-corrected chi connectivity index (χ2v) is 5.66. The van der Waals surface area contributed by atoms with E-state index in [2.05, 4.69) is 0 Å². The molecule has 1 N–H and O–H groups in total. The van der Waals surface area contributed by atoms with Gasteiger partial charge in [0.1, 0.15) is 12.2 Å². The molecule has 7 nitrogen and oxygen atoms in total. The number of carbonyl (C=O) groups is 1. The first-order valence-electron chi connectivity index (χ1n) is 8.93. The van der Waals surface area contributed by atoms with Crippen LogP contribution < -0.4 is 5.43 Å². The minimum absolute atomic E-state index is 0.0179. The van der Waals surface area contributed by atoms with Crippen LogP contribution in [0.25, 0.3) is 17.0 Å². The van der Waals surface area contributed by atoms with Crippen molar-refractivity contribution in [1.29, 1.82) is 0 Å². The Labute approximate surface area is 157 Å². The van der Waals surface area contributed by atoms with Gasteiger partial charge in [-0.05, 0) is 37.6 Å². The van der Waals surface area contributed by atoms with Crippen molar-refractivity contribution in [3.63, 3.8) is 0 Å². The summed E-state index contributed by atoms with van der Waals surface area (Å²) in [5.41, 5.74) is 1.22. The van der Waals surface area contributed by atoms with Crippen LogP contribution >= 0.6 is 0 Å². The normalized spacial score (nSPS) is 11.2. The average molecular weight is 375 g/mol. The molecule has 0 amide bonds. The number of carbonyl (C=O) groups excluding carboxylic acids is 1. The van der Waals surface area contributed by atoms with Gasteiger partial charge in [0, 0.05) is 18.1 Å². The van der Waals surface area contributed by atoms with Crippen molar-refractivity contribution >= 4 is 22.9 Å². The fraction of sp³-hybridized carbons (Fsp3) is 0.400. The smallest absolute Gasteiger partial charge is 0.343 e. The number of aliphatic hydroxyl groups excluding tert-OH is 1. The summed E-state index contributed by atoms with van der Waals surface area (Å²) in [6.07, 6.45) is 4.81. The van der Waals surface area contributed by atoms with E-state index in [1.165, 1.54) is 6.26 Å². The molecule has 1 heterocycles. The summed E-state index contributed by atoms with van der Waals surface area (Å²) in [6.45, 7) is 5.49. The standard InChI is InChI=1S/C20H25NO6/c1-3-21-14-17(20(24)27-4-2)19(23)16-13-15(5-6-18(16)21)7-9-25-11-12-26-10-8-22/h5-7,9,13-14,22H,3-4,8,10-12H2,1-2H3/b9-7+. The van der Waals surface area contributed by atoms with E-state index >= 15 is 0 Å². The molecule has 146 valence electrons. The number of fused-ring (bicyclic) bond motifs is 1. The molecular weight excluding hydrogens is 350 g/mol. The number of ether oxygens (including phenoxy) is 3. The number of aryl methyl sites for hydroxylation is 1. The number of rotatable bonds is 10. The van der Waals surface area contributed by atoms with Crippen molar-refractivity contribution in [3.8, 4) is 0 Å². The van der Waals surface area contributed by atoms with Crippen molar-refractivity contribution in [3.05, 3.63) is 52.0 Å². The largest absolute Gasteiger partial charge is 0.499 e. The monoisotopic (exact) mass is 375 g/mol. The van der Waals surface area contributed by atoms with Crippen LogP contribution in [0.5, 0.6) is 0 Å². The number of hydrogen-bond donors (Lipinski definition) is 1. The topological polar surface area (TPSA) is 87.0 Å². The highest BCUT2D eigenvalue weighted by atomic mass is 16.5. The van der Waals surface area contributed by atoms with Crippen LogP contribution in [-0.4, -0.2) is 48.7 Å². The summed E-state index contributed by atoms with van der Waals surface area (Å²) >= 11 is 0. The summed E-state index contributed by atoms with van der Waals surface area (Å²) in [6, 6.07) is 5.45. The highest BCUT2D eigenvalue weighted by molar-refractivity contribution is 5.94. The van der Waals surface area contributed by atoms with Crippen molar-refractivity contribution in [2.45, 2.75) is 20.4 Å². The maximum Gasteiger partial charge on any atom is 0.343 e. The molecule has 0 spiro atoms. The third-order valence-corrected chi connectivity index (χ3v) is 3.88. The average Bonchev–Trinajstić information content (AvgIpc) is 2.68. The molecule has 2 aromatic rings. The van der Waals surface area contributed by atoms with Gasteiger partial charge in [-0.15, -0.1) is 0 Å². The second kappa shape index (κ2) is 10.5. The van der Waals surface area contributed by atoms with E-state index in [0.29, 0.717) is 25.1 Å². The van der Waals surface area contributed by atoms with Gasteiger partial charge < -0.3 is 23.9 Å². The van der Waals surface area contributed by atoms with Crippen molar-refractivity contribution < 1.29 is 24.1 Å². The van der Waals surface area contributed by atoms with Gasteiger partial charge >= 0.3 is 5.97 Å². The highest BCUT2D eigenvalue weighted by Crippen LogP contribution is 2.16. The molecule has 27 heavy (non-hydrogen) atoms. The fourth-order valence-corrected chi connectivity index (χ4v) is 2.60. The SMILES string of the molecule is CCOC(=O)c1cn(CC)c2ccc(/C=C/OCCOCCO)cc2c1=O. The maximum atomic E-state index is 12.7. The third-order valence-electron chi connectivity index (χ3n) is 3.88. The Bertz CT molecular complexity index is 855. The van der Waals surface area contributed by atoms with Gasteiger partial charge in [-0.1, -0.05) is 6.07 Å². The Morgan fingerprint density at radius 1 is 1.22 bits per heavy atom. The molecule has 1 aromatic heterocycles. The molecule has 0 aliphatic heterocycles. The van der Waals surface area contributed by atoms with Crippen LogP contribution in [-0.2, 0) is 20.8 Å². The fourth-order valence-electron chi connectivity index (χ4n) is 2.60. The van der Waals surface area contributed by atoms with Crippen LogP contribution in [0.4, 0.5) is 0 Å². The minimum Gasteiger partial charge on any atom is -0.499 e. The number of esters is 1. The van der Waals surface area contributed by atoms with Crippen LogP contribution in [0, 0.1) is 0 Å². The summed E-state index contributed by atoms with van der Waals surface area (Å²) in [7, 11) is 0. The van der Waals surface area contributed by atoms with E-state index in [-0.39, 0.29) is 30.8 Å². The number of aliphatic hydroxyl groups is 1. The van der Waals surface area contributed by atoms with Crippen molar-refractivity contribution in [2.24, 2.45) is 0 Å². The lowest BCUT2D eigenvalue weighted by Gasteiger charge is -2.11. The lowest BCUT2D eigenvalue weighted by Crippen LogP contribution is -2.20. The van der Waals surface area contributed by atoms with E-state index in [1.807, 2.05) is 23.6 Å².